The van der Waals surface area contributed by atoms with E-state index in [1.807, 2.05) is 178 Å². The largest absolute Gasteiger partial charge is 0.338 e. The Bertz CT molecular complexity index is 3170. The number of hydrogen-bond acceptors (Lipinski definition) is 15. The molecule has 0 bridgehead atoms. The second-order valence-corrected chi connectivity index (χ2v) is 23.3. The average Bonchev–Trinajstić information content (AvgIpc) is 4.28. The van der Waals surface area contributed by atoms with Gasteiger partial charge in [-0.1, -0.05) is 24.3 Å². The van der Waals surface area contributed by atoms with Crippen LogP contribution >= 0.6 is 45.3 Å². The van der Waals surface area contributed by atoms with Crippen LogP contribution in [0.25, 0.3) is 21.3 Å². The molecule has 0 atom stereocenters. The summed E-state index contributed by atoms with van der Waals surface area (Å²) in [6.45, 7) is 20.2. The first kappa shape index (κ1) is 60.2. The predicted molar refractivity (Wildman–Crippen MR) is 312 cm³/mol. The maximum atomic E-state index is 4.47. The Balaban J connectivity index is 0.000000159. The van der Waals surface area contributed by atoms with Gasteiger partial charge in [-0.3, -0.25) is 4.68 Å². The van der Waals surface area contributed by atoms with Gasteiger partial charge in [0.15, 0.2) is 12.4 Å². The minimum Gasteiger partial charge on any atom is -0.338 e. The fourth-order valence-electron chi connectivity index (χ4n) is 7.30. The summed E-state index contributed by atoms with van der Waals surface area (Å²) < 4.78 is 12.4. The summed E-state index contributed by atoms with van der Waals surface area (Å²) in [6, 6.07) is 16.3. The van der Waals surface area contributed by atoms with E-state index in [4.69, 9.17) is 0 Å². The summed E-state index contributed by atoms with van der Waals surface area (Å²) in [7, 11) is 11.6. The number of benzene rings is 2. The number of fused-ring (bicyclic) bond motifs is 4. The molecule has 11 aromatic rings. The van der Waals surface area contributed by atoms with Crippen molar-refractivity contribution in [2.24, 2.45) is 42.3 Å². The van der Waals surface area contributed by atoms with Gasteiger partial charge in [-0.05, 0) is 138 Å². The van der Waals surface area contributed by atoms with Crippen molar-refractivity contribution < 1.29 is 4.68 Å². The Hall–Kier alpha value is -6.68. The van der Waals surface area contributed by atoms with Crippen LogP contribution in [0.15, 0.2) is 86.0 Å². The third kappa shape index (κ3) is 19.5. The minimum atomic E-state index is 0.944. The lowest BCUT2D eigenvalue weighted by Crippen LogP contribution is -2.29. The molecule has 0 N–H and O–H groups in total. The minimum absolute atomic E-state index is 0.944. The molecule has 76 heavy (non-hydrogen) atoms. The molecule has 21 heteroatoms. The lowest BCUT2D eigenvalue weighted by molar-refractivity contribution is -0.732. The van der Waals surface area contributed by atoms with E-state index >= 15 is 0 Å². The molecule has 2 aliphatic rings. The number of nitrogens with zero attached hydrogens (tertiary/aromatic N) is 17. The fourth-order valence-corrected chi connectivity index (χ4v) is 11.0. The SMILES string of the molecule is Cc1nc(C)c(C)s1.Cc1nc2c(s1)CCC2.Cc1nc2c(s1)CCCC2.Cc1nc2ccccc2n1C.Cc1nc2ccccc2s1.Cc1nccn1C.Cc1ncnn1C.Cc1nncn1C.Cn1cc[n+](C)n1. The Morgan fingerprint density at radius 3 is 1.55 bits per heavy atom. The van der Waals surface area contributed by atoms with E-state index < -0.39 is 0 Å². The molecule has 17 nitrogen and oxygen atoms in total. The molecule has 0 saturated carbocycles. The van der Waals surface area contributed by atoms with Gasteiger partial charge in [-0.15, -0.1) is 64.9 Å². The summed E-state index contributed by atoms with van der Waals surface area (Å²) in [5.41, 5.74) is 7.32. The maximum absolute atomic E-state index is 4.47. The number of thiazole rings is 4. The van der Waals surface area contributed by atoms with E-state index in [0.717, 1.165) is 39.3 Å². The number of hydrogen-bond donors (Lipinski definition) is 0. The summed E-state index contributed by atoms with van der Waals surface area (Å²) >= 11 is 7.24. The zero-order valence-electron chi connectivity index (χ0n) is 47.3. The van der Waals surface area contributed by atoms with E-state index in [0.29, 0.717) is 0 Å². The standard InChI is InChI=1S/C9H10N2.C8H11NS.C8H7NS.C7H9NS.C6H9NS.C5H8N2.C4H8N3.2C4H7N3/c1-7-10-8-5-3-4-6-9(8)11(7)2;2*1-6-9-7-4-2-3-5-8(7)10-6;1-5-8-6-3-2-4-7(6)9-5;1-4-5(2)8-6(3)7-4;1-5-6-3-4-7(5)2;1-6-3-4-7(2)5-6;1-4-6-5-3-7(4)2;1-4-5-3-6-7(4)2/h3-6H,1-2H3;2-5H2,1H3;2-5H,1H3;2-4H2,1H3;1-3H3;2*3-4H,1-2H3;2*3H,1-2H3/q;;;;;;+1;;. The van der Waals surface area contributed by atoms with Crippen LogP contribution in [-0.4, -0.2) is 78.5 Å². The highest BCUT2D eigenvalue weighted by Crippen LogP contribution is 2.27. The van der Waals surface area contributed by atoms with Gasteiger partial charge in [0.2, 0.25) is 0 Å². The number of aromatic nitrogens is 17. The first-order chi connectivity index (χ1) is 36.3. The summed E-state index contributed by atoms with van der Waals surface area (Å²) in [5.74, 6) is 4.01. The topological polar surface area (TPSA) is 170 Å². The van der Waals surface area contributed by atoms with Crippen molar-refractivity contribution >= 4 is 66.6 Å². The van der Waals surface area contributed by atoms with Gasteiger partial charge in [0.05, 0.1) is 63.6 Å². The highest BCUT2D eigenvalue weighted by Gasteiger charge is 2.14. The summed E-state index contributed by atoms with van der Waals surface area (Å²) in [4.78, 5) is 34.1. The molecule has 9 aromatic heterocycles. The molecule has 0 fully saturated rings. The molecular weight excluding hydrogens is 1030 g/mol. The van der Waals surface area contributed by atoms with Crippen LogP contribution < -0.4 is 4.68 Å². The molecule has 13 rings (SSSR count). The van der Waals surface area contributed by atoms with Crippen LogP contribution in [0.5, 0.6) is 0 Å². The van der Waals surface area contributed by atoms with E-state index in [2.05, 4.69) is 92.9 Å². The van der Waals surface area contributed by atoms with Crippen molar-refractivity contribution in [1.29, 1.82) is 0 Å². The quantitative estimate of drug-likeness (QED) is 0.132. The Labute approximate surface area is 464 Å². The Morgan fingerprint density at radius 1 is 0.539 bits per heavy atom. The Morgan fingerprint density at radius 2 is 1.14 bits per heavy atom. The molecule has 9 heterocycles. The van der Waals surface area contributed by atoms with Crippen LogP contribution in [0.2, 0.25) is 0 Å². The summed E-state index contributed by atoms with van der Waals surface area (Å²) in [5, 5.41) is 19.9. The smallest absolute Gasteiger partial charge is 0.154 e. The fraction of sp³-hybridized carbons (Fsp3) is 0.418. The second kappa shape index (κ2) is 30.2. The van der Waals surface area contributed by atoms with Crippen molar-refractivity contribution in [2.75, 3.05) is 0 Å². The first-order valence-electron chi connectivity index (χ1n) is 25.2. The maximum Gasteiger partial charge on any atom is 0.154 e. The number of rotatable bonds is 0. The first-order valence-corrected chi connectivity index (χ1v) is 28.5. The third-order valence-electron chi connectivity index (χ3n) is 11.9. The van der Waals surface area contributed by atoms with E-state index in [9.17, 15) is 0 Å². The molecule has 0 saturated heterocycles. The Kier molecular flexibility index (Phi) is 23.9. The highest BCUT2D eigenvalue weighted by molar-refractivity contribution is 7.18. The molecule has 0 radical (unpaired) electrons. The van der Waals surface area contributed by atoms with E-state index in [1.165, 1.54) is 103 Å². The van der Waals surface area contributed by atoms with Gasteiger partial charge < -0.3 is 13.7 Å². The molecule has 0 unspecified atom stereocenters. The van der Waals surface area contributed by atoms with Gasteiger partial charge in [0.25, 0.3) is 0 Å². The molecule has 2 aliphatic carbocycles. The van der Waals surface area contributed by atoms with Crippen LogP contribution in [0.4, 0.5) is 0 Å². The monoisotopic (exact) mass is 1100 g/mol. The average molecular weight is 1100 g/mol. The van der Waals surface area contributed by atoms with Crippen molar-refractivity contribution in [3.63, 3.8) is 0 Å². The van der Waals surface area contributed by atoms with Crippen LogP contribution in [0, 0.1) is 69.2 Å². The number of imidazole rings is 2. The molecule has 0 aliphatic heterocycles. The van der Waals surface area contributed by atoms with Crippen molar-refractivity contribution in [1.82, 2.24) is 78.5 Å². The molecule has 404 valence electrons. The van der Waals surface area contributed by atoms with Gasteiger partial charge in [0.1, 0.15) is 50.0 Å². The highest BCUT2D eigenvalue weighted by atomic mass is 32.1. The zero-order valence-corrected chi connectivity index (χ0v) is 50.5. The van der Waals surface area contributed by atoms with Gasteiger partial charge in [0, 0.05) is 55.2 Å². The lowest BCUT2D eigenvalue weighted by atomic mass is 10.0. The molecule has 2 aromatic carbocycles. The molecular formula is C55H76N17S4+. The third-order valence-corrected chi connectivity index (χ3v) is 16.0. The predicted octanol–water partition coefficient (Wildman–Crippen LogP) is 11.0. The van der Waals surface area contributed by atoms with Gasteiger partial charge >= 0.3 is 0 Å². The zero-order chi connectivity index (χ0) is 55.3. The summed E-state index contributed by atoms with van der Waals surface area (Å²) in [6.07, 6.45) is 19.7. The van der Waals surface area contributed by atoms with Crippen molar-refractivity contribution in [2.45, 2.75) is 114 Å². The van der Waals surface area contributed by atoms with E-state index in [-0.39, 0.29) is 0 Å². The lowest BCUT2D eigenvalue weighted by Gasteiger charge is -2.06. The number of aryl methyl sites for hydroxylation is 20. The van der Waals surface area contributed by atoms with Gasteiger partial charge in [-0.2, -0.15) is 5.10 Å². The van der Waals surface area contributed by atoms with E-state index in [1.54, 1.807) is 54.1 Å². The van der Waals surface area contributed by atoms with Crippen LogP contribution in [0.1, 0.15) is 94.3 Å². The van der Waals surface area contributed by atoms with Crippen molar-refractivity contribution in [3.8, 4) is 0 Å². The van der Waals surface area contributed by atoms with Crippen LogP contribution in [0.3, 0.4) is 0 Å². The normalized spacial score (nSPS) is 11.6. The van der Waals surface area contributed by atoms with Crippen molar-refractivity contribution in [3.05, 3.63) is 161 Å². The number of para-hydroxylation sites is 3. The van der Waals surface area contributed by atoms with Crippen LogP contribution in [-0.2, 0) is 68.0 Å². The van der Waals surface area contributed by atoms with Gasteiger partial charge in [-0.25, -0.2) is 34.9 Å². The molecule has 0 spiro atoms. The second-order valence-electron chi connectivity index (χ2n) is 18.1. The molecule has 0 amide bonds.